The van der Waals surface area contributed by atoms with E-state index in [2.05, 4.69) is 41.0 Å². The Morgan fingerprint density at radius 3 is 2.54 bits per heavy atom. The Morgan fingerprint density at radius 1 is 1.10 bits per heavy atom. The molecule has 1 amide bonds. The van der Waals surface area contributed by atoms with Crippen molar-refractivity contribution >= 4 is 50.8 Å². The van der Waals surface area contributed by atoms with E-state index >= 15 is 0 Å². The number of fused-ring (bicyclic) bond motifs is 2. The molecule has 1 aromatic heterocycles. The van der Waals surface area contributed by atoms with E-state index in [1.54, 1.807) is 6.26 Å². The maximum absolute atomic E-state index is 12.9. The second-order valence-electron chi connectivity index (χ2n) is 11.2. The summed E-state index contributed by atoms with van der Waals surface area (Å²) < 4.78 is 18.3. The van der Waals surface area contributed by atoms with Gasteiger partial charge in [0.25, 0.3) is 0 Å². The van der Waals surface area contributed by atoms with Crippen LogP contribution in [0.15, 0.2) is 41.6 Å². The van der Waals surface area contributed by atoms with Gasteiger partial charge in [0.15, 0.2) is 0 Å². The Hall–Kier alpha value is -2.91. The molecule has 0 bridgehead atoms. The summed E-state index contributed by atoms with van der Waals surface area (Å²) in [6.07, 6.45) is 2.89. The fourth-order valence-corrected chi connectivity index (χ4v) is 6.21. The van der Waals surface area contributed by atoms with Crippen LogP contribution in [0.2, 0.25) is 5.02 Å². The molecule has 3 heterocycles. The fraction of sp³-hybridized carbons (Fsp3) is 0.483. The molecule has 1 saturated heterocycles. The molecule has 0 saturated carbocycles. The van der Waals surface area contributed by atoms with E-state index in [1.807, 2.05) is 37.8 Å². The second-order valence-corrected chi connectivity index (χ2v) is 12.9. The van der Waals surface area contributed by atoms with Gasteiger partial charge in [0.2, 0.25) is 5.16 Å². The zero-order valence-electron chi connectivity index (χ0n) is 23.2. The molecule has 0 aliphatic carbocycles. The van der Waals surface area contributed by atoms with Crippen molar-refractivity contribution < 1.29 is 13.7 Å². The highest BCUT2D eigenvalue weighted by atomic mass is 35.5. The van der Waals surface area contributed by atoms with Crippen LogP contribution < -0.4 is 9.80 Å². The second kappa shape index (κ2) is 10.9. The highest BCUT2D eigenvalue weighted by Crippen LogP contribution is 2.37. The Morgan fingerprint density at radius 2 is 1.85 bits per heavy atom. The summed E-state index contributed by atoms with van der Waals surface area (Å²) in [6.45, 7) is 10.9. The Balaban J connectivity index is 1.46. The molecule has 1 unspecified atom stereocenters. The highest BCUT2D eigenvalue weighted by Gasteiger charge is 2.35. The monoisotopic (exact) mass is 569 g/mol. The number of piperazine rings is 1. The van der Waals surface area contributed by atoms with Gasteiger partial charge in [-0.15, -0.1) is 0 Å². The predicted octanol–water partition coefficient (Wildman–Crippen LogP) is 5.42. The molecular formula is C29H36ClN5O3S. The van der Waals surface area contributed by atoms with E-state index < -0.39 is 16.4 Å². The largest absolute Gasteiger partial charge is 0.444 e. The van der Waals surface area contributed by atoms with Crippen LogP contribution in [-0.4, -0.2) is 69.2 Å². The van der Waals surface area contributed by atoms with Gasteiger partial charge in [0, 0.05) is 49.1 Å². The summed E-state index contributed by atoms with van der Waals surface area (Å²) in [6, 6.07) is 12.2. The van der Waals surface area contributed by atoms with Crippen LogP contribution in [-0.2, 0) is 28.5 Å². The van der Waals surface area contributed by atoms with E-state index in [9.17, 15) is 9.00 Å². The quantitative estimate of drug-likeness (QED) is 0.388. The van der Waals surface area contributed by atoms with Gasteiger partial charge in [-0.2, -0.15) is 0 Å². The SMILES string of the molecule is CC[C@H]1CN(c2nc(S(C)=O)nc3c2CCN(c2cccc4cccc(Cl)c24)C3)CCN1C(=O)OC(C)(C)C. The van der Waals surface area contributed by atoms with Gasteiger partial charge < -0.3 is 19.4 Å². The predicted molar refractivity (Wildman–Crippen MR) is 157 cm³/mol. The number of nitrogens with zero attached hydrogens (tertiary/aromatic N) is 5. The van der Waals surface area contributed by atoms with Crippen LogP contribution in [0.3, 0.4) is 0 Å². The van der Waals surface area contributed by atoms with Crippen LogP contribution in [0.25, 0.3) is 10.8 Å². The minimum atomic E-state index is -1.33. The minimum Gasteiger partial charge on any atom is -0.444 e. The summed E-state index contributed by atoms with van der Waals surface area (Å²) in [7, 11) is -1.33. The Kier molecular flexibility index (Phi) is 7.75. The van der Waals surface area contributed by atoms with Gasteiger partial charge in [-0.25, -0.2) is 14.8 Å². The van der Waals surface area contributed by atoms with Crippen LogP contribution in [0, 0.1) is 0 Å². The molecule has 3 aromatic rings. The molecule has 39 heavy (non-hydrogen) atoms. The van der Waals surface area contributed by atoms with Crippen LogP contribution in [0.4, 0.5) is 16.3 Å². The van der Waals surface area contributed by atoms with E-state index in [4.69, 9.17) is 26.3 Å². The van der Waals surface area contributed by atoms with Crippen LogP contribution in [0.1, 0.15) is 45.4 Å². The molecular weight excluding hydrogens is 534 g/mol. The van der Waals surface area contributed by atoms with Crippen molar-refractivity contribution in [2.75, 3.05) is 42.2 Å². The Bertz CT molecular complexity index is 1420. The molecule has 2 aliphatic rings. The molecule has 2 aromatic carbocycles. The van der Waals surface area contributed by atoms with E-state index in [0.29, 0.717) is 31.3 Å². The van der Waals surface area contributed by atoms with Crippen LogP contribution >= 0.6 is 11.6 Å². The summed E-state index contributed by atoms with van der Waals surface area (Å²) in [5.74, 6) is 0.836. The molecule has 0 N–H and O–H groups in total. The van der Waals surface area contributed by atoms with Gasteiger partial charge in [-0.3, -0.25) is 4.21 Å². The normalized spacial score (nSPS) is 18.7. The third-order valence-electron chi connectivity index (χ3n) is 7.33. The summed E-state index contributed by atoms with van der Waals surface area (Å²) in [5.41, 5.74) is 2.51. The van der Waals surface area contributed by atoms with Crippen LogP contribution in [0.5, 0.6) is 0 Å². The lowest BCUT2D eigenvalue weighted by Gasteiger charge is -2.43. The van der Waals surface area contributed by atoms with Crippen molar-refractivity contribution in [1.29, 1.82) is 0 Å². The fourth-order valence-electron chi connectivity index (χ4n) is 5.48. The lowest BCUT2D eigenvalue weighted by Crippen LogP contribution is -2.56. The van der Waals surface area contributed by atoms with Gasteiger partial charge in [0.1, 0.15) is 11.4 Å². The zero-order valence-corrected chi connectivity index (χ0v) is 24.8. The maximum Gasteiger partial charge on any atom is 0.410 e. The van der Waals surface area contributed by atoms with Crippen molar-refractivity contribution in [3.05, 3.63) is 52.7 Å². The van der Waals surface area contributed by atoms with Gasteiger partial charge >= 0.3 is 6.09 Å². The van der Waals surface area contributed by atoms with Crippen molar-refractivity contribution in [2.45, 2.75) is 63.9 Å². The molecule has 208 valence electrons. The number of ether oxygens (including phenoxy) is 1. The van der Waals surface area contributed by atoms with Crippen molar-refractivity contribution in [1.82, 2.24) is 14.9 Å². The molecule has 2 aliphatic heterocycles. The smallest absolute Gasteiger partial charge is 0.410 e. The number of rotatable bonds is 4. The first-order valence-corrected chi connectivity index (χ1v) is 15.4. The number of carbonyl (C=O) groups is 1. The standard InChI is InChI=1S/C29H36ClN5O3S/c1-6-20-17-34(15-16-35(20)28(36)38-29(2,3)4)26-21-13-14-33(18-23(21)31-27(32-26)39(5)37)24-12-8-10-19-9-7-11-22(30)25(19)24/h7-12,20H,6,13-18H2,1-5H3/t20-,39?/m0/s1. The van der Waals surface area contributed by atoms with Gasteiger partial charge in [0.05, 0.1) is 34.1 Å². The lowest BCUT2D eigenvalue weighted by molar-refractivity contribution is 0.0136. The first-order valence-electron chi connectivity index (χ1n) is 13.5. The number of amides is 1. The third kappa shape index (κ3) is 5.70. The maximum atomic E-state index is 12.9. The Labute approximate surface area is 237 Å². The molecule has 8 nitrogen and oxygen atoms in total. The first kappa shape index (κ1) is 27.6. The van der Waals surface area contributed by atoms with Crippen molar-refractivity contribution in [3.63, 3.8) is 0 Å². The van der Waals surface area contributed by atoms with Crippen molar-refractivity contribution in [2.24, 2.45) is 0 Å². The summed E-state index contributed by atoms with van der Waals surface area (Å²) in [4.78, 5) is 28.8. The third-order valence-corrected chi connectivity index (χ3v) is 8.35. The number of hydrogen-bond acceptors (Lipinski definition) is 7. The molecule has 0 spiro atoms. The lowest BCUT2D eigenvalue weighted by atomic mass is 10.0. The van der Waals surface area contributed by atoms with Gasteiger partial charge in [-0.05, 0) is 51.1 Å². The summed E-state index contributed by atoms with van der Waals surface area (Å²) >= 11 is 6.64. The average molecular weight is 570 g/mol. The van der Waals surface area contributed by atoms with Crippen molar-refractivity contribution in [3.8, 4) is 0 Å². The molecule has 5 rings (SSSR count). The first-order chi connectivity index (χ1) is 18.6. The molecule has 10 heteroatoms. The summed E-state index contributed by atoms with van der Waals surface area (Å²) in [5, 5.41) is 3.19. The average Bonchev–Trinajstić information content (AvgIpc) is 2.90. The number of benzene rings is 2. The number of hydrogen-bond donors (Lipinski definition) is 0. The van der Waals surface area contributed by atoms with E-state index in [1.165, 1.54) is 0 Å². The topological polar surface area (TPSA) is 78.9 Å². The number of halogens is 1. The number of carbonyl (C=O) groups excluding carboxylic acids is 1. The number of aromatic nitrogens is 2. The van der Waals surface area contributed by atoms with E-state index in [-0.39, 0.29) is 12.1 Å². The molecule has 1 fully saturated rings. The number of anilines is 2. The molecule has 2 atom stereocenters. The van der Waals surface area contributed by atoms with E-state index in [0.717, 1.165) is 57.9 Å². The zero-order chi connectivity index (χ0) is 27.9. The molecule has 0 radical (unpaired) electrons. The highest BCUT2D eigenvalue weighted by molar-refractivity contribution is 7.84. The van der Waals surface area contributed by atoms with Gasteiger partial charge in [-0.1, -0.05) is 42.8 Å². The minimum absolute atomic E-state index is 0.00676.